The van der Waals surface area contributed by atoms with Crippen molar-refractivity contribution in [3.8, 4) is 0 Å². The third-order valence-electron chi connectivity index (χ3n) is 1.37. The summed E-state index contributed by atoms with van der Waals surface area (Å²) in [6.45, 7) is 1.73. The van der Waals surface area contributed by atoms with E-state index >= 15 is 0 Å². The minimum atomic E-state index is -2.52. The molecule has 0 heterocycles. The van der Waals surface area contributed by atoms with Gasteiger partial charge >= 0.3 is 0 Å². The van der Waals surface area contributed by atoms with Crippen LogP contribution in [-0.4, -0.2) is 8.42 Å². The van der Waals surface area contributed by atoms with Crippen LogP contribution >= 0.6 is 11.6 Å². The molecule has 0 bridgehead atoms. The van der Waals surface area contributed by atoms with Gasteiger partial charge in [-0.1, -0.05) is 17.7 Å². The Morgan fingerprint density at radius 3 is 2.45 bits per heavy atom. The van der Waals surface area contributed by atoms with Gasteiger partial charge in [-0.25, -0.2) is 8.42 Å². The predicted octanol–water partition coefficient (Wildman–Crippen LogP) is 1.62. The summed E-state index contributed by atoms with van der Waals surface area (Å²) in [5.74, 6) is 0. The Kier molecular flexibility index (Phi) is 2.52. The molecule has 0 aromatic heterocycles. The van der Waals surface area contributed by atoms with Crippen molar-refractivity contribution in [2.24, 2.45) is 0 Å². The lowest BCUT2D eigenvalue weighted by atomic mass is 10.2. The van der Waals surface area contributed by atoms with Crippen LogP contribution in [0.2, 0.25) is 5.02 Å². The number of halogens is 1. The van der Waals surface area contributed by atoms with Crippen LogP contribution in [0.25, 0.3) is 0 Å². The molecule has 0 aliphatic carbocycles. The summed E-state index contributed by atoms with van der Waals surface area (Å²) in [4.78, 5) is 0.299. The van der Waals surface area contributed by atoms with E-state index in [0.29, 0.717) is 9.92 Å². The highest BCUT2D eigenvalue weighted by molar-refractivity contribution is 7.72. The second-order valence-electron chi connectivity index (χ2n) is 2.19. The van der Waals surface area contributed by atoms with Crippen molar-refractivity contribution in [1.29, 1.82) is 0 Å². The number of rotatable bonds is 1. The molecule has 0 amide bonds. The molecule has 1 rings (SSSR count). The molecule has 4 heteroatoms. The average molecular weight is 191 g/mol. The van der Waals surface area contributed by atoms with Crippen LogP contribution in [0.5, 0.6) is 0 Å². The Bertz CT molecular complexity index is 336. The summed E-state index contributed by atoms with van der Waals surface area (Å²) in [7, 11) is -2.52. The molecule has 11 heavy (non-hydrogen) atoms. The van der Waals surface area contributed by atoms with Crippen molar-refractivity contribution in [3.05, 3.63) is 28.8 Å². The highest BCUT2D eigenvalue weighted by Crippen LogP contribution is 2.15. The fourth-order valence-corrected chi connectivity index (χ4v) is 1.63. The van der Waals surface area contributed by atoms with Gasteiger partial charge in [-0.2, -0.15) is 0 Å². The van der Waals surface area contributed by atoms with E-state index in [1.807, 2.05) is 0 Å². The maximum Gasteiger partial charge on any atom is 0.168 e. The van der Waals surface area contributed by atoms with Crippen molar-refractivity contribution in [1.82, 2.24) is 0 Å². The molecule has 0 aliphatic heterocycles. The summed E-state index contributed by atoms with van der Waals surface area (Å²) < 4.78 is 21.1. The third-order valence-corrected chi connectivity index (χ3v) is 2.48. The maximum atomic E-state index is 10.6. The van der Waals surface area contributed by atoms with E-state index in [1.54, 1.807) is 19.1 Å². The monoisotopic (exact) mass is 190 g/mol. The van der Waals surface area contributed by atoms with E-state index in [0.717, 1.165) is 5.56 Å². The molecule has 60 valence electrons. The zero-order valence-corrected chi connectivity index (χ0v) is 7.52. The topological polar surface area (TPSA) is 34.1 Å². The SMILES string of the molecule is Cc1ccc(Cl)cc1[SH](=O)=O. The average Bonchev–Trinajstić information content (AvgIpc) is 1.94. The molecule has 0 spiro atoms. The summed E-state index contributed by atoms with van der Waals surface area (Å²) in [5, 5.41) is 0.449. The Hall–Kier alpha value is -0.540. The molecule has 0 saturated heterocycles. The van der Waals surface area contributed by atoms with Crippen LogP contribution < -0.4 is 0 Å². The Morgan fingerprint density at radius 2 is 2.00 bits per heavy atom. The number of benzene rings is 1. The Balaban J connectivity index is 3.35. The van der Waals surface area contributed by atoms with E-state index in [-0.39, 0.29) is 0 Å². The Morgan fingerprint density at radius 1 is 1.36 bits per heavy atom. The fraction of sp³-hybridized carbons (Fsp3) is 0.143. The molecule has 1 aromatic rings. The van der Waals surface area contributed by atoms with Gasteiger partial charge < -0.3 is 0 Å². The Labute approximate surface area is 71.8 Å². The number of aryl methyl sites for hydroxylation is 1. The molecule has 0 fully saturated rings. The maximum absolute atomic E-state index is 10.6. The molecule has 0 atom stereocenters. The first-order chi connectivity index (χ1) is 5.11. The van der Waals surface area contributed by atoms with Crippen molar-refractivity contribution in [3.63, 3.8) is 0 Å². The van der Waals surface area contributed by atoms with Crippen molar-refractivity contribution in [2.45, 2.75) is 11.8 Å². The zero-order valence-electron chi connectivity index (χ0n) is 5.87. The van der Waals surface area contributed by atoms with Gasteiger partial charge in [0.05, 0.1) is 4.90 Å². The zero-order chi connectivity index (χ0) is 8.43. The summed E-state index contributed by atoms with van der Waals surface area (Å²) in [6.07, 6.45) is 0. The first kappa shape index (κ1) is 8.56. The van der Waals surface area contributed by atoms with E-state index in [2.05, 4.69) is 0 Å². The van der Waals surface area contributed by atoms with Crippen LogP contribution in [0.15, 0.2) is 23.1 Å². The van der Waals surface area contributed by atoms with Gasteiger partial charge in [-0.15, -0.1) is 0 Å². The number of hydrogen-bond acceptors (Lipinski definition) is 2. The fourth-order valence-electron chi connectivity index (χ4n) is 0.779. The van der Waals surface area contributed by atoms with E-state index in [9.17, 15) is 8.42 Å². The first-order valence-electron chi connectivity index (χ1n) is 3.02. The quantitative estimate of drug-likeness (QED) is 0.683. The molecular formula is C7H7ClO2S. The van der Waals surface area contributed by atoms with Crippen molar-refractivity contribution < 1.29 is 8.42 Å². The van der Waals surface area contributed by atoms with E-state index in [4.69, 9.17) is 11.6 Å². The van der Waals surface area contributed by atoms with Gasteiger partial charge in [0.2, 0.25) is 0 Å². The normalized spacial score (nSPS) is 10.5. The summed E-state index contributed by atoms with van der Waals surface area (Å²) >= 11 is 5.59. The summed E-state index contributed by atoms with van der Waals surface area (Å²) in [5.41, 5.74) is 0.727. The predicted molar refractivity (Wildman–Crippen MR) is 44.8 cm³/mol. The minimum absolute atomic E-state index is 0.299. The van der Waals surface area contributed by atoms with Gasteiger partial charge in [0, 0.05) is 5.02 Å². The van der Waals surface area contributed by atoms with Gasteiger partial charge in [-0.3, -0.25) is 0 Å². The van der Waals surface area contributed by atoms with Gasteiger partial charge in [-0.05, 0) is 24.6 Å². The molecule has 0 radical (unpaired) electrons. The van der Waals surface area contributed by atoms with Gasteiger partial charge in [0.15, 0.2) is 10.7 Å². The minimum Gasteiger partial charge on any atom is -0.227 e. The second-order valence-corrected chi connectivity index (χ2v) is 3.62. The van der Waals surface area contributed by atoms with Gasteiger partial charge in [0.1, 0.15) is 0 Å². The highest BCUT2D eigenvalue weighted by Gasteiger charge is 1.99. The molecule has 0 unspecified atom stereocenters. The number of thiol groups is 1. The third kappa shape index (κ3) is 1.94. The molecule has 0 N–H and O–H groups in total. The van der Waals surface area contributed by atoms with Crippen LogP contribution in [0, 0.1) is 6.92 Å². The lowest BCUT2D eigenvalue weighted by Gasteiger charge is -1.96. The van der Waals surface area contributed by atoms with Crippen LogP contribution in [-0.2, 0) is 10.7 Å². The molecule has 1 aromatic carbocycles. The highest BCUT2D eigenvalue weighted by atomic mass is 35.5. The van der Waals surface area contributed by atoms with Crippen LogP contribution in [0.3, 0.4) is 0 Å². The van der Waals surface area contributed by atoms with Crippen LogP contribution in [0.4, 0.5) is 0 Å². The second kappa shape index (κ2) is 3.24. The van der Waals surface area contributed by atoms with E-state index < -0.39 is 10.7 Å². The summed E-state index contributed by atoms with van der Waals surface area (Å²) in [6, 6.07) is 4.80. The molecule has 2 nitrogen and oxygen atoms in total. The van der Waals surface area contributed by atoms with Crippen LogP contribution in [0.1, 0.15) is 5.56 Å². The molecule has 0 saturated carbocycles. The van der Waals surface area contributed by atoms with E-state index in [1.165, 1.54) is 6.07 Å². The van der Waals surface area contributed by atoms with Crippen molar-refractivity contribution >= 4 is 22.3 Å². The largest absolute Gasteiger partial charge is 0.227 e. The molecule has 0 aliphatic rings. The standard InChI is InChI=1S/C7H7ClO2S/c1-5-2-3-6(8)4-7(5)11(9)10/h2-4,11H,1H3. The van der Waals surface area contributed by atoms with Gasteiger partial charge in [0.25, 0.3) is 0 Å². The number of hydrogen-bond donors (Lipinski definition) is 1. The molecular weight excluding hydrogens is 184 g/mol. The van der Waals surface area contributed by atoms with Crippen molar-refractivity contribution in [2.75, 3.05) is 0 Å². The lowest BCUT2D eigenvalue weighted by molar-refractivity contribution is 0.614. The smallest absolute Gasteiger partial charge is 0.168 e. The first-order valence-corrected chi connectivity index (χ1v) is 4.57. The lowest BCUT2D eigenvalue weighted by Crippen LogP contribution is -1.84.